The maximum Gasteiger partial charge on any atom is 0.220 e. The van der Waals surface area contributed by atoms with E-state index in [0.29, 0.717) is 11.0 Å². The zero-order valence-electron chi connectivity index (χ0n) is 45.2. The molecule has 2 atom stereocenters. The van der Waals surface area contributed by atoms with Crippen molar-refractivity contribution in [3.05, 3.63) is 224 Å². The fourth-order valence-corrected chi connectivity index (χ4v) is 24.4. The molecule has 7 aromatic carbocycles. The number of aromatic nitrogens is 7. The Morgan fingerprint density at radius 3 is 1.81 bits per heavy atom. The van der Waals surface area contributed by atoms with Crippen LogP contribution in [-0.2, 0) is 4.66 Å². The van der Waals surface area contributed by atoms with Crippen LogP contribution in [0.25, 0.3) is 33.5 Å². The average Bonchev–Trinajstić information content (AvgIpc) is 3.43. The second-order valence-corrected chi connectivity index (χ2v) is 27.7. The fourth-order valence-electron chi connectivity index (χ4n) is 11.0. The van der Waals surface area contributed by atoms with Crippen LogP contribution < -0.4 is 36.1 Å². The largest absolute Gasteiger partial charge is 0.457 e. The van der Waals surface area contributed by atoms with Crippen LogP contribution in [0.2, 0.25) is 26.0 Å². The molecule has 5 heterocycles. The summed E-state index contributed by atoms with van der Waals surface area (Å²) < 4.78 is 99.1. The molecule has 1 aliphatic heterocycles. The molecule has 0 spiro atoms. The van der Waals surface area contributed by atoms with E-state index in [1.165, 1.54) is 30.9 Å². The van der Waals surface area contributed by atoms with Gasteiger partial charge in [0.25, 0.3) is 0 Å². The number of nitrogens with zero attached hydrogens (tertiary/aromatic N) is 7. The van der Waals surface area contributed by atoms with Crippen LogP contribution in [0, 0.1) is 0 Å². The predicted octanol–water partition coefficient (Wildman–Crippen LogP) is 8.09. The van der Waals surface area contributed by atoms with Gasteiger partial charge in [-0.25, -0.2) is 24.9 Å². The van der Waals surface area contributed by atoms with Crippen LogP contribution in [0.4, 0.5) is 0 Å². The number of rotatable bonds is 9. The molecular weight excluding hydrogens is 871 g/mol. The summed E-state index contributed by atoms with van der Waals surface area (Å²) in [6.07, 6.45) is 5.15. The Bertz CT molecular complexity index is 3940. The molecule has 67 heavy (non-hydrogen) atoms. The van der Waals surface area contributed by atoms with Gasteiger partial charge in [-0.2, -0.15) is 0 Å². The van der Waals surface area contributed by atoms with E-state index in [9.17, 15) is 12.3 Å². The lowest BCUT2D eigenvalue weighted by atomic mass is 9.98. The van der Waals surface area contributed by atoms with Crippen molar-refractivity contribution >= 4 is 83.4 Å². The Kier molecular flexibility index (Phi) is 7.45. The number of fused-ring (bicyclic) bond motifs is 7. The summed E-state index contributed by atoms with van der Waals surface area (Å²) in [5.74, 6) is 1.02. The van der Waals surface area contributed by atoms with Crippen molar-refractivity contribution < 1.29 is 17.1 Å². The van der Waals surface area contributed by atoms with Gasteiger partial charge in [0.2, 0.25) is 5.78 Å². The third-order valence-electron chi connectivity index (χ3n) is 13.8. The smallest absolute Gasteiger partial charge is 0.220 e. The molecule has 0 saturated heterocycles. The first-order chi connectivity index (χ1) is 36.5. The Balaban J connectivity index is 1.29. The molecule has 1 aliphatic rings. The summed E-state index contributed by atoms with van der Waals surface area (Å²) in [5.41, 5.74) is 4.78. The molecule has 0 amide bonds. The van der Waals surface area contributed by atoms with Crippen molar-refractivity contribution in [3.8, 4) is 17.2 Å². The molecule has 0 bridgehead atoms. The van der Waals surface area contributed by atoms with Crippen LogP contribution in [-0.4, -0.2) is 58.1 Å². The van der Waals surface area contributed by atoms with Crippen molar-refractivity contribution in [3.63, 3.8) is 0 Å². The highest BCUT2D eigenvalue weighted by atomic mass is 28.4. The molecule has 0 radical (unpaired) electrons. The van der Waals surface area contributed by atoms with Crippen LogP contribution >= 0.6 is 0 Å². The molecule has 11 heteroatoms. The summed E-state index contributed by atoms with van der Waals surface area (Å²) in [6.45, 7) is -8.25. The molecule has 2 unspecified atom stereocenters. The third-order valence-corrected chi connectivity index (χ3v) is 27.2. The topological polar surface area (TPSA) is 83.0 Å². The van der Waals surface area contributed by atoms with Gasteiger partial charge in [-0.05, 0) is 75.3 Å². The number of benzene rings is 7. The van der Waals surface area contributed by atoms with Crippen LogP contribution in [0.3, 0.4) is 0 Å². The maximum atomic E-state index is 9.98. The SMILES string of the molecule is [2H]C([2H])([2H])[Si](C)(c1ccncn1)C1([Si](c2ccncn2)(C([2H])([2H])[2H])C([2H])([2H])[2H])c2ccccc2Oc2c1cccc2[Si](c1ccccc1)(c1ccccc1)c1cccc(-n2c3ccccc3n3c4ccccc4nc23)c1. The molecule has 0 N–H and O–H groups in total. The standard InChI is InChI=1S/C56H47N7OSi3/c1-65(2,52-33-35-57-38-59-52)56(66(3,4)53-34-36-58-39-60-53)44-25-11-16-31-50(44)64-54-45(56)26-18-32-51(54)67(41-20-7-5-8-21-41,42-22-9-6-10-23-42)43-24-17-19-40(37-43)62-48-29-14-15-30-49(48)63-47-28-13-12-27-46(47)61-55(62)63/h5-39H,1-4H3/i1D3,2D3,3D3. The van der Waals surface area contributed by atoms with E-state index >= 15 is 0 Å². The molecule has 4 aromatic heterocycles. The summed E-state index contributed by atoms with van der Waals surface area (Å²) in [7, 11) is -14.7. The molecule has 324 valence electrons. The summed E-state index contributed by atoms with van der Waals surface area (Å²) >= 11 is 0. The lowest BCUT2D eigenvalue weighted by molar-refractivity contribution is 0.453. The van der Waals surface area contributed by atoms with Crippen molar-refractivity contribution in [2.45, 2.75) is 30.6 Å². The van der Waals surface area contributed by atoms with E-state index in [2.05, 4.69) is 84.6 Å². The predicted molar refractivity (Wildman–Crippen MR) is 279 cm³/mol. The van der Waals surface area contributed by atoms with Crippen molar-refractivity contribution in [2.75, 3.05) is 0 Å². The highest BCUT2D eigenvalue weighted by Gasteiger charge is 2.65. The number of hydrogen-bond donors (Lipinski definition) is 0. The second kappa shape index (κ2) is 15.5. The van der Waals surface area contributed by atoms with Crippen molar-refractivity contribution in [2.24, 2.45) is 0 Å². The molecule has 0 fully saturated rings. The quantitative estimate of drug-likeness (QED) is 0.108. The summed E-state index contributed by atoms with van der Waals surface area (Å²) in [5, 5.41) is 3.19. The highest BCUT2D eigenvalue weighted by molar-refractivity contribution is 7.20. The van der Waals surface area contributed by atoms with Gasteiger partial charge in [0.05, 0.1) is 22.1 Å². The zero-order chi connectivity index (χ0) is 52.9. The van der Waals surface area contributed by atoms with Gasteiger partial charge >= 0.3 is 0 Å². The number of imidazole rings is 2. The minimum atomic E-state index is -5.77. The van der Waals surface area contributed by atoms with E-state index in [1.807, 2.05) is 84.9 Å². The number of ether oxygens (including phenoxy) is 1. The molecule has 0 saturated carbocycles. The normalized spacial score (nSPS) is 18.3. The molecule has 0 aliphatic carbocycles. The van der Waals surface area contributed by atoms with Gasteiger partial charge in [0.15, 0.2) is 8.07 Å². The van der Waals surface area contributed by atoms with Gasteiger partial charge in [-0.3, -0.25) is 8.97 Å². The lowest BCUT2D eigenvalue weighted by Gasteiger charge is -2.56. The van der Waals surface area contributed by atoms with E-state index < -0.39 is 48.3 Å². The molecular formula is C56H47N7OSi3. The van der Waals surface area contributed by atoms with Gasteiger partial charge in [-0.1, -0.05) is 159 Å². The Morgan fingerprint density at radius 1 is 0.537 bits per heavy atom. The molecule has 12 rings (SSSR count). The van der Waals surface area contributed by atoms with Gasteiger partial charge in [0, 0.05) is 56.8 Å². The van der Waals surface area contributed by atoms with Crippen LogP contribution in [0.1, 0.15) is 23.5 Å². The molecule has 11 aromatic rings. The Morgan fingerprint density at radius 2 is 1.12 bits per heavy atom. The van der Waals surface area contributed by atoms with Crippen molar-refractivity contribution in [1.82, 2.24) is 33.9 Å². The summed E-state index contributed by atoms with van der Waals surface area (Å²) in [4.78, 5) is 23.0. The van der Waals surface area contributed by atoms with Crippen molar-refractivity contribution in [1.29, 1.82) is 0 Å². The maximum absolute atomic E-state index is 9.98. The second-order valence-electron chi connectivity index (χ2n) is 17.2. The minimum absolute atomic E-state index is 0.0502. The Labute approximate surface area is 405 Å². The first-order valence-electron chi connectivity index (χ1n) is 26.6. The van der Waals surface area contributed by atoms with Crippen LogP contribution in [0.5, 0.6) is 11.5 Å². The first-order valence-corrected chi connectivity index (χ1v) is 28.6. The zero-order valence-corrected chi connectivity index (χ0v) is 39.2. The van der Waals surface area contributed by atoms with Gasteiger partial charge in [-0.15, -0.1) is 0 Å². The number of para-hydroxylation sites is 6. The lowest BCUT2D eigenvalue weighted by Crippen LogP contribution is -2.78. The highest BCUT2D eigenvalue weighted by Crippen LogP contribution is 2.56. The monoisotopic (exact) mass is 926 g/mol. The van der Waals surface area contributed by atoms with Crippen LogP contribution in [0.15, 0.2) is 213 Å². The van der Waals surface area contributed by atoms with E-state index in [0.717, 1.165) is 49.6 Å². The Hall–Kier alpha value is -7.58. The van der Waals surface area contributed by atoms with Gasteiger partial charge in [0.1, 0.15) is 40.3 Å². The van der Waals surface area contributed by atoms with E-state index in [-0.39, 0.29) is 33.3 Å². The van der Waals surface area contributed by atoms with Gasteiger partial charge < -0.3 is 4.74 Å². The van der Waals surface area contributed by atoms with E-state index in [1.54, 1.807) is 36.9 Å². The molecule has 8 nitrogen and oxygen atoms in total. The third kappa shape index (κ3) is 5.78. The average molecular weight is 927 g/mol. The minimum Gasteiger partial charge on any atom is -0.457 e. The first kappa shape index (κ1) is 32.2. The number of hydrogen-bond acceptors (Lipinski definition) is 6. The fraction of sp³-hybridized carbons (Fsp3) is 0.0893. The van der Waals surface area contributed by atoms with E-state index in [4.69, 9.17) is 14.7 Å². The summed E-state index contributed by atoms with van der Waals surface area (Å²) in [6, 6.07) is 60.0.